The van der Waals surface area contributed by atoms with E-state index in [1.807, 2.05) is 25.3 Å². The minimum Gasteiger partial charge on any atom is -0.489 e. The molecule has 0 bridgehead atoms. The van der Waals surface area contributed by atoms with Gasteiger partial charge >= 0.3 is 0 Å². The van der Waals surface area contributed by atoms with Gasteiger partial charge in [-0.3, -0.25) is 0 Å². The smallest absolute Gasteiger partial charge is 0.191 e. The summed E-state index contributed by atoms with van der Waals surface area (Å²) in [6.45, 7) is 8.54. The van der Waals surface area contributed by atoms with Crippen LogP contribution in [0.4, 0.5) is 4.39 Å². The number of guanidine groups is 1. The Bertz CT molecular complexity index is 676. The molecule has 0 aliphatic heterocycles. The van der Waals surface area contributed by atoms with Gasteiger partial charge in [-0.05, 0) is 45.0 Å². The third-order valence-electron chi connectivity index (χ3n) is 3.47. The fourth-order valence-electron chi connectivity index (χ4n) is 2.18. The van der Waals surface area contributed by atoms with E-state index in [2.05, 4.69) is 25.8 Å². The van der Waals surface area contributed by atoms with Crippen molar-refractivity contribution in [2.24, 2.45) is 4.99 Å². The van der Waals surface area contributed by atoms with Crippen LogP contribution < -0.4 is 15.4 Å². The Balaban J connectivity index is 0.00000338. The number of halogens is 2. The Morgan fingerprint density at radius 2 is 2.00 bits per heavy atom. The van der Waals surface area contributed by atoms with Crippen molar-refractivity contribution in [1.82, 2.24) is 25.4 Å². The number of aromatic nitrogens is 3. The van der Waals surface area contributed by atoms with Crippen molar-refractivity contribution >= 4 is 29.9 Å². The van der Waals surface area contributed by atoms with Crippen LogP contribution in [0.15, 0.2) is 35.6 Å². The van der Waals surface area contributed by atoms with Crippen LogP contribution >= 0.6 is 24.0 Å². The molecule has 7 nitrogen and oxygen atoms in total. The van der Waals surface area contributed by atoms with Crippen molar-refractivity contribution < 1.29 is 9.13 Å². The lowest BCUT2D eigenvalue weighted by Gasteiger charge is -2.17. The SMILES string of the molecule is CCNC(=NCc1nncn1CC)NCC(C)Oc1ccc(F)cc1.I. The number of benzene rings is 1. The van der Waals surface area contributed by atoms with Crippen LogP contribution in [0.2, 0.25) is 0 Å². The molecule has 2 rings (SSSR count). The molecule has 0 radical (unpaired) electrons. The number of nitrogens with one attached hydrogen (secondary N) is 2. The van der Waals surface area contributed by atoms with Crippen LogP contribution in [0.5, 0.6) is 5.75 Å². The molecule has 1 aromatic heterocycles. The van der Waals surface area contributed by atoms with Gasteiger partial charge in [0.2, 0.25) is 0 Å². The molecule has 0 spiro atoms. The van der Waals surface area contributed by atoms with Gasteiger partial charge in [0.15, 0.2) is 11.8 Å². The Morgan fingerprint density at radius 3 is 2.65 bits per heavy atom. The van der Waals surface area contributed by atoms with Crippen LogP contribution in [0, 0.1) is 5.82 Å². The highest BCUT2D eigenvalue weighted by Crippen LogP contribution is 2.12. The highest BCUT2D eigenvalue weighted by Gasteiger charge is 2.07. The number of rotatable bonds is 8. The largest absolute Gasteiger partial charge is 0.489 e. The molecule has 1 unspecified atom stereocenters. The monoisotopic (exact) mass is 476 g/mol. The predicted octanol–water partition coefficient (Wildman–Crippen LogP) is 2.58. The van der Waals surface area contributed by atoms with Crippen molar-refractivity contribution in [3.8, 4) is 5.75 Å². The lowest BCUT2D eigenvalue weighted by atomic mass is 10.3. The van der Waals surface area contributed by atoms with E-state index in [0.29, 0.717) is 24.8 Å². The Labute approximate surface area is 170 Å². The molecule has 2 aromatic rings. The normalized spacial score (nSPS) is 12.2. The lowest BCUT2D eigenvalue weighted by molar-refractivity contribution is 0.223. The summed E-state index contributed by atoms with van der Waals surface area (Å²) in [5, 5.41) is 14.4. The Morgan fingerprint density at radius 1 is 1.27 bits per heavy atom. The Kier molecular flexibility index (Phi) is 9.92. The molecule has 0 aliphatic rings. The molecule has 144 valence electrons. The maximum absolute atomic E-state index is 12.9. The van der Waals surface area contributed by atoms with Crippen LogP contribution in [0.1, 0.15) is 26.6 Å². The first-order valence-electron chi connectivity index (χ1n) is 8.43. The van der Waals surface area contributed by atoms with Crippen LogP contribution in [-0.2, 0) is 13.1 Å². The molecule has 0 saturated heterocycles. The maximum Gasteiger partial charge on any atom is 0.191 e. The van der Waals surface area contributed by atoms with Crippen molar-refractivity contribution in [3.63, 3.8) is 0 Å². The number of hydrogen-bond donors (Lipinski definition) is 2. The second-order valence-electron chi connectivity index (χ2n) is 5.49. The van der Waals surface area contributed by atoms with Gasteiger partial charge in [-0.25, -0.2) is 9.38 Å². The molecule has 0 saturated carbocycles. The lowest BCUT2D eigenvalue weighted by Crippen LogP contribution is -2.41. The van der Waals surface area contributed by atoms with E-state index in [0.717, 1.165) is 18.9 Å². The van der Waals surface area contributed by atoms with Crippen molar-refractivity contribution in [1.29, 1.82) is 0 Å². The van der Waals surface area contributed by atoms with Gasteiger partial charge in [-0.1, -0.05) is 0 Å². The number of hydrogen-bond acceptors (Lipinski definition) is 4. The van der Waals surface area contributed by atoms with Crippen molar-refractivity contribution in [2.45, 2.75) is 40.0 Å². The van der Waals surface area contributed by atoms with Crippen molar-refractivity contribution in [2.75, 3.05) is 13.1 Å². The number of aliphatic imine (C=N–C) groups is 1. The molecule has 9 heteroatoms. The standard InChI is InChI=1S/C17H25FN6O.HI/c1-4-19-17(21-11-16-23-22-12-24(16)5-2)20-10-13(3)25-15-8-6-14(18)7-9-15;/h6-9,12-13H,4-5,10-11H2,1-3H3,(H2,19,20,21);1H. The molecule has 26 heavy (non-hydrogen) atoms. The summed E-state index contributed by atoms with van der Waals surface area (Å²) in [5.41, 5.74) is 0. The summed E-state index contributed by atoms with van der Waals surface area (Å²) in [5.74, 6) is 1.85. The third kappa shape index (κ3) is 7.14. The van der Waals surface area contributed by atoms with Gasteiger partial charge in [0.25, 0.3) is 0 Å². The van der Waals surface area contributed by atoms with E-state index in [9.17, 15) is 4.39 Å². The molecular weight excluding hydrogens is 450 g/mol. The minimum absolute atomic E-state index is 0. The van der Waals surface area contributed by atoms with Crippen LogP contribution in [0.25, 0.3) is 0 Å². The molecule has 0 fully saturated rings. The summed E-state index contributed by atoms with van der Waals surface area (Å²) in [7, 11) is 0. The minimum atomic E-state index is -0.278. The van der Waals surface area contributed by atoms with E-state index >= 15 is 0 Å². The second-order valence-corrected chi connectivity index (χ2v) is 5.49. The molecule has 0 amide bonds. The molecule has 1 atom stereocenters. The zero-order valence-electron chi connectivity index (χ0n) is 15.3. The summed E-state index contributed by atoms with van der Waals surface area (Å²) in [4.78, 5) is 4.52. The average Bonchev–Trinajstić information content (AvgIpc) is 3.07. The topological polar surface area (TPSA) is 76.4 Å². The molecular formula is C17H26FIN6O. The number of aryl methyl sites for hydroxylation is 1. The number of nitrogens with zero attached hydrogens (tertiary/aromatic N) is 4. The van der Waals surface area contributed by atoms with Gasteiger partial charge in [0.05, 0.1) is 6.54 Å². The van der Waals surface area contributed by atoms with Crippen molar-refractivity contribution in [3.05, 3.63) is 42.2 Å². The zero-order valence-corrected chi connectivity index (χ0v) is 17.6. The summed E-state index contributed by atoms with van der Waals surface area (Å²) >= 11 is 0. The Hall–Kier alpha value is -1.91. The van der Waals surface area contributed by atoms with E-state index < -0.39 is 0 Å². The highest BCUT2D eigenvalue weighted by atomic mass is 127. The first-order valence-corrected chi connectivity index (χ1v) is 8.43. The van der Waals surface area contributed by atoms with Crippen LogP contribution in [-0.4, -0.2) is 39.9 Å². The fraction of sp³-hybridized carbons (Fsp3) is 0.471. The summed E-state index contributed by atoms with van der Waals surface area (Å²) < 4.78 is 20.6. The van der Waals surface area contributed by atoms with E-state index in [1.54, 1.807) is 18.5 Å². The first-order chi connectivity index (χ1) is 12.1. The van der Waals surface area contributed by atoms with Gasteiger partial charge in [-0.15, -0.1) is 34.2 Å². The molecule has 2 N–H and O–H groups in total. The van der Waals surface area contributed by atoms with Gasteiger partial charge in [0.1, 0.15) is 30.5 Å². The first kappa shape index (κ1) is 22.1. The number of ether oxygens (including phenoxy) is 1. The molecule has 0 aliphatic carbocycles. The quantitative estimate of drug-likeness (QED) is 0.348. The maximum atomic E-state index is 12.9. The van der Waals surface area contributed by atoms with Gasteiger partial charge in [-0.2, -0.15) is 0 Å². The van der Waals surface area contributed by atoms with Crippen LogP contribution in [0.3, 0.4) is 0 Å². The van der Waals surface area contributed by atoms with E-state index in [4.69, 9.17) is 4.74 Å². The van der Waals surface area contributed by atoms with Gasteiger partial charge < -0.3 is 19.9 Å². The summed E-state index contributed by atoms with van der Waals surface area (Å²) in [6, 6.07) is 5.99. The second kappa shape index (κ2) is 11.7. The van der Waals surface area contributed by atoms with E-state index in [-0.39, 0.29) is 35.9 Å². The molecule has 1 heterocycles. The summed E-state index contributed by atoms with van der Waals surface area (Å²) in [6.07, 6.45) is 1.60. The third-order valence-corrected chi connectivity index (χ3v) is 3.47. The van der Waals surface area contributed by atoms with Gasteiger partial charge in [0, 0.05) is 13.1 Å². The fourth-order valence-corrected chi connectivity index (χ4v) is 2.18. The zero-order chi connectivity index (χ0) is 18.1. The van der Waals surface area contributed by atoms with E-state index in [1.165, 1.54) is 12.1 Å². The predicted molar refractivity (Wildman–Crippen MR) is 110 cm³/mol. The molecule has 1 aromatic carbocycles. The highest BCUT2D eigenvalue weighted by molar-refractivity contribution is 14.0. The average molecular weight is 476 g/mol.